The van der Waals surface area contributed by atoms with Crippen molar-refractivity contribution in [3.05, 3.63) is 63.6 Å². The molecule has 1 aliphatic carbocycles. The van der Waals surface area contributed by atoms with Gasteiger partial charge in [0.2, 0.25) is 0 Å². The quantitative estimate of drug-likeness (QED) is 0.611. The van der Waals surface area contributed by atoms with Crippen molar-refractivity contribution in [1.29, 1.82) is 0 Å². The highest BCUT2D eigenvalue weighted by molar-refractivity contribution is 6.31. The second kappa shape index (κ2) is 5.97. The molecule has 2 aliphatic rings. The minimum atomic E-state index is 0.815. The molecule has 0 bridgehead atoms. The van der Waals surface area contributed by atoms with E-state index < -0.39 is 0 Å². The molecule has 26 heavy (non-hydrogen) atoms. The summed E-state index contributed by atoms with van der Waals surface area (Å²) in [5.74, 6) is 0. The number of rotatable bonds is 1. The number of hydrogen-bond donors (Lipinski definition) is 0. The van der Waals surface area contributed by atoms with Gasteiger partial charge in [0.05, 0.1) is 5.52 Å². The molecule has 132 valence electrons. The van der Waals surface area contributed by atoms with Crippen molar-refractivity contribution in [2.75, 3.05) is 13.6 Å². The van der Waals surface area contributed by atoms with Gasteiger partial charge in [-0.25, -0.2) is 0 Å². The number of pyridine rings is 1. The van der Waals surface area contributed by atoms with Crippen LogP contribution in [0, 0.1) is 6.92 Å². The van der Waals surface area contributed by atoms with Crippen LogP contribution in [-0.2, 0) is 19.4 Å². The highest BCUT2D eigenvalue weighted by Gasteiger charge is 2.24. The van der Waals surface area contributed by atoms with E-state index in [1.54, 1.807) is 0 Å². The van der Waals surface area contributed by atoms with Crippen molar-refractivity contribution in [1.82, 2.24) is 14.5 Å². The normalized spacial score (nSPS) is 18.5. The van der Waals surface area contributed by atoms with Crippen LogP contribution in [0.3, 0.4) is 0 Å². The van der Waals surface area contributed by atoms with Crippen molar-refractivity contribution in [2.45, 2.75) is 32.7 Å². The van der Waals surface area contributed by atoms with Gasteiger partial charge in [0.15, 0.2) is 0 Å². The predicted octanol–water partition coefficient (Wildman–Crippen LogP) is 4.93. The maximum atomic E-state index is 6.31. The minimum Gasteiger partial charge on any atom is -0.318 e. The topological polar surface area (TPSA) is 21.1 Å². The van der Waals surface area contributed by atoms with Crippen LogP contribution in [-0.4, -0.2) is 28.0 Å². The van der Waals surface area contributed by atoms with E-state index >= 15 is 0 Å². The van der Waals surface area contributed by atoms with Gasteiger partial charge < -0.3 is 9.47 Å². The maximum absolute atomic E-state index is 6.31. The lowest BCUT2D eigenvalue weighted by Crippen LogP contribution is -2.27. The van der Waals surface area contributed by atoms with Gasteiger partial charge in [0.25, 0.3) is 0 Å². The third kappa shape index (κ3) is 2.50. The zero-order chi connectivity index (χ0) is 17.8. The largest absolute Gasteiger partial charge is 0.318 e. The van der Waals surface area contributed by atoms with E-state index in [-0.39, 0.29) is 0 Å². The molecular weight excluding hydrogens is 342 g/mol. The third-order valence-electron chi connectivity index (χ3n) is 5.72. The molecule has 1 aromatic carbocycles. The smallest absolute Gasteiger partial charge is 0.0529 e. The molecule has 3 nitrogen and oxygen atoms in total. The van der Waals surface area contributed by atoms with Crippen LogP contribution in [0.15, 0.2) is 30.3 Å². The predicted molar refractivity (Wildman–Crippen MR) is 108 cm³/mol. The van der Waals surface area contributed by atoms with Crippen LogP contribution in [0.1, 0.15) is 34.6 Å². The Labute approximate surface area is 158 Å². The number of benzene rings is 1. The Bertz CT molecular complexity index is 1060. The summed E-state index contributed by atoms with van der Waals surface area (Å²) in [5, 5.41) is 2.12. The summed E-state index contributed by atoms with van der Waals surface area (Å²) >= 11 is 6.31. The van der Waals surface area contributed by atoms with Crippen molar-refractivity contribution in [3.8, 4) is 0 Å². The summed E-state index contributed by atoms with van der Waals surface area (Å²) in [6, 6.07) is 10.6. The average molecular weight is 364 g/mol. The first-order valence-corrected chi connectivity index (χ1v) is 9.65. The third-order valence-corrected chi connectivity index (χ3v) is 5.96. The summed E-state index contributed by atoms with van der Waals surface area (Å²) in [6.45, 7) is 4.14. The number of allylic oxidation sites excluding steroid dienone is 1. The standard InChI is InChI=1S/C22H22ClN3/c1-14-3-6-17-15(4-7-20(17)24-14)12-26-21-8-5-16(23)11-19(21)18-9-10-25(2)13-22(18)26/h3,5-6,8,11-12H,4,7,9-10,13H2,1-2H3. The molecule has 0 saturated carbocycles. The molecule has 0 N–H and O–H groups in total. The molecule has 0 fully saturated rings. The Kier molecular flexibility index (Phi) is 3.70. The minimum absolute atomic E-state index is 0.815. The monoisotopic (exact) mass is 363 g/mol. The molecule has 0 saturated heterocycles. The van der Waals surface area contributed by atoms with E-state index in [0.717, 1.165) is 43.1 Å². The summed E-state index contributed by atoms with van der Waals surface area (Å²) in [6.07, 6.45) is 5.52. The van der Waals surface area contributed by atoms with Gasteiger partial charge in [0, 0.05) is 52.3 Å². The molecule has 0 atom stereocenters. The van der Waals surface area contributed by atoms with Crippen molar-refractivity contribution in [2.24, 2.45) is 0 Å². The van der Waals surface area contributed by atoms with Gasteiger partial charge in [0.1, 0.15) is 0 Å². The molecule has 1 aliphatic heterocycles. The van der Waals surface area contributed by atoms with Gasteiger partial charge in [-0.3, -0.25) is 4.98 Å². The Balaban J connectivity index is 1.72. The molecule has 3 aromatic rings. The Morgan fingerprint density at radius 1 is 1.12 bits per heavy atom. The summed E-state index contributed by atoms with van der Waals surface area (Å²) in [5.41, 5.74) is 9.15. The van der Waals surface area contributed by atoms with Crippen LogP contribution >= 0.6 is 11.6 Å². The molecule has 4 heteroatoms. The number of halogens is 1. The van der Waals surface area contributed by atoms with Gasteiger partial charge >= 0.3 is 0 Å². The number of likely N-dealkylation sites (N-methyl/N-ethyl adjacent to an activating group) is 1. The molecule has 5 rings (SSSR count). The molecule has 0 radical (unpaired) electrons. The molecule has 0 unspecified atom stereocenters. The zero-order valence-electron chi connectivity index (χ0n) is 15.2. The van der Waals surface area contributed by atoms with Crippen molar-refractivity contribution < 1.29 is 0 Å². The SMILES string of the molecule is Cc1ccc2c(n1)CCC2=Cn1c2c(c3cc(Cl)ccc31)CCN(C)C2. The molecular formula is C22H22ClN3. The highest BCUT2D eigenvalue weighted by atomic mass is 35.5. The van der Waals surface area contributed by atoms with E-state index in [2.05, 4.69) is 53.9 Å². The van der Waals surface area contributed by atoms with E-state index in [1.165, 1.54) is 39.0 Å². The average Bonchev–Trinajstić information content (AvgIpc) is 3.14. The van der Waals surface area contributed by atoms with Crippen LogP contribution in [0.2, 0.25) is 5.02 Å². The second-order valence-electron chi connectivity index (χ2n) is 7.55. The Hall–Kier alpha value is -2.10. The number of fused-ring (bicyclic) bond motifs is 4. The number of nitrogens with zero attached hydrogens (tertiary/aromatic N) is 3. The number of aryl methyl sites for hydroxylation is 2. The van der Waals surface area contributed by atoms with Gasteiger partial charge in [-0.15, -0.1) is 0 Å². The van der Waals surface area contributed by atoms with Crippen LogP contribution in [0.5, 0.6) is 0 Å². The lowest BCUT2D eigenvalue weighted by Gasteiger charge is -2.24. The van der Waals surface area contributed by atoms with Crippen LogP contribution < -0.4 is 0 Å². The lowest BCUT2D eigenvalue weighted by atomic mass is 10.0. The number of hydrogen-bond acceptors (Lipinski definition) is 2. The fraction of sp³-hybridized carbons (Fsp3) is 0.318. The summed E-state index contributed by atoms with van der Waals surface area (Å²) < 4.78 is 2.40. The lowest BCUT2D eigenvalue weighted by molar-refractivity contribution is 0.308. The fourth-order valence-corrected chi connectivity index (χ4v) is 4.58. The maximum Gasteiger partial charge on any atom is 0.0529 e. The molecule has 0 spiro atoms. The first kappa shape index (κ1) is 16.1. The Morgan fingerprint density at radius 3 is 2.88 bits per heavy atom. The van der Waals surface area contributed by atoms with Gasteiger partial charge in [-0.1, -0.05) is 17.7 Å². The molecule has 3 heterocycles. The van der Waals surface area contributed by atoms with Gasteiger partial charge in [-0.05, 0) is 68.6 Å². The van der Waals surface area contributed by atoms with E-state index in [1.807, 2.05) is 6.07 Å². The molecule has 0 amide bonds. The fourth-order valence-electron chi connectivity index (χ4n) is 4.41. The van der Waals surface area contributed by atoms with Crippen LogP contribution in [0.25, 0.3) is 22.7 Å². The van der Waals surface area contributed by atoms with E-state index in [9.17, 15) is 0 Å². The van der Waals surface area contributed by atoms with E-state index in [0.29, 0.717) is 0 Å². The first-order valence-electron chi connectivity index (χ1n) is 9.27. The number of aromatic nitrogens is 2. The highest BCUT2D eigenvalue weighted by Crippen LogP contribution is 2.36. The first-order chi connectivity index (χ1) is 12.6. The van der Waals surface area contributed by atoms with Crippen molar-refractivity contribution in [3.63, 3.8) is 0 Å². The zero-order valence-corrected chi connectivity index (χ0v) is 16.0. The Morgan fingerprint density at radius 2 is 2.00 bits per heavy atom. The van der Waals surface area contributed by atoms with Crippen molar-refractivity contribution >= 4 is 34.3 Å². The summed E-state index contributed by atoms with van der Waals surface area (Å²) in [7, 11) is 2.20. The second-order valence-corrected chi connectivity index (χ2v) is 7.98. The van der Waals surface area contributed by atoms with Gasteiger partial charge in [-0.2, -0.15) is 0 Å². The summed E-state index contributed by atoms with van der Waals surface area (Å²) in [4.78, 5) is 7.13. The van der Waals surface area contributed by atoms with E-state index in [4.69, 9.17) is 16.6 Å². The van der Waals surface area contributed by atoms with Crippen LogP contribution in [0.4, 0.5) is 0 Å². The molecule has 2 aromatic heterocycles.